The molecule has 0 spiro atoms. The lowest BCUT2D eigenvalue weighted by atomic mass is 9.55. The van der Waals surface area contributed by atoms with Crippen molar-refractivity contribution in [2.45, 2.75) is 6.42 Å². The molecule has 0 amide bonds. The average molecular weight is 301 g/mol. The highest BCUT2D eigenvalue weighted by Crippen LogP contribution is 2.50. The normalized spacial score (nSPS) is 32.3. The van der Waals surface area contributed by atoms with Gasteiger partial charge in [-0.1, -0.05) is 11.6 Å². The summed E-state index contributed by atoms with van der Waals surface area (Å²) in [6.45, 7) is -1.21. The fraction of sp³-hybridized carbons (Fsp3) is 0.583. The third-order valence-corrected chi connectivity index (χ3v) is 4.11. The molecule has 0 aliphatic heterocycles. The Bertz CT molecular complexity index is 505. The third kappa shape index (κ3) is 2.39. The van der Waals surface area contributed by atoms with E-state index in [1.165, 1.54) is 6.08 Å². The molecule has 1 rings (SSSR count). The lowest BCUT2D eigenvalue weighted by molar-refractivity contribution is -0.175. The fourth-order valence-corrected chi connectivity index (χ4v) is 3.01. The number of carboxylic acids is 3. The molecule has 3 atom stereocenters. The van der Waals surface area contributed by atoms with Gasteiger partial charge in [-0.25, -0.2) is 0 Å². The molecule has 3 unspecified atom stereocenters. The van der Waals surface area contributed by atoms with Crippen molar-refractivity contribution >= 4 is 17.9 Å². The summed E-state index contributed by atoms with van der Waals surface area (Å²) in [6, 6.07) is 0. The second-order valence-electron chi connectivity index (χ2n) is 5.17. The lowest BCUT2D eigenvalue weighted by Gasteiger charge is -2.46. The van der Waals surface area contributed by atoms with Gasteiger partial charge in [-0.05, 0) is 6.42 Å². The maximum absolute atomic E-state index is 11.7. The summed E-state index contributed by atoms with van der Waals surface area (Å²) < 4.78 is 0. The summed E-state index contributed by atoms with van der Waals surface area (Å²) in [5.41, 5.74) is 12.8. The topological polar surface area (TPSA) is 190 Å². The summed E-state index contributed by atoms with van der Waals surface area (Å²) in [5, 5.41) is 28.4. The van der Waals surface area contributed by atoms with Crippen LogP contribution in [0.25, 0.3) is 0 Å². The van der Waals surface area contributed by atoms with E-state index in [4.69, 9.17) is 17.2 Å². The molecule has 0 heterocycles. The minimum Gasteiger partial charge on any atom is -0.481 e. The van der Waals surface area contributed by atoms with E-state index in [1.54, 1.807) is 0 Å². The SMILES string of the molecule is NCC1=CC(CN)(C(=O)O)C(C(=O)O)C(CN)(C(=O)O)C1. The molecule has 0 aromatic carbocycles. The zero-order valence-electron chi connectivity index (χ0n) is 11.3. The molecule has 1 aliphatic rings. The van der Waals surface area contributed by atoms with Crippen LogP contribution in [0.5, 0.6) is 0 Å². The van der Waals surface area contributed by atoms with E-state index < -0.39 is 47.7 Å². The number of nitrogens with two attached hydrogens (primary N) is 3. The first-order valence-corrected chi connectivity index (χ1v) is 6.22. The zero-order valence-corrected chi connectivity index (χ0v) is 11.3. The molecular formula is C12H19N3O6. The number of carbonyl (C=O) groups is 3. The molecule has 0 saturated carbocycles. The monoisotopic (exact) mass is 301 g/mol. The van der Waals surface area contributed by atoms with Crippen LogP contribution in [-0.2, 0) is 14.4 Å². The Morgan fingerprint density at radius 3 is 1.95 bits per heavy atom. The predicted molar refractivity (Wildman–Crippen MR) is 71.1 cm³/mol. The largest absolute Gasteiger partial charge is 0.481 e. The van der Waals surface area contributed by atoms with Gasteiger partial charge in [0.25, 0.3) is 0 Å². The maximum Gasteiger partial charge on any atom is 0.315 e. The molecule has 21 heavy (non-hydrogen) atoms. The Hall–Kier alpha value is -1.97. The van der Waals surface area contributed by atoms with Gasteiger partial charge in [0.2, 0.25) is 0 Å². The van der Waals surface area contributed by atoms with Gasteiger partial charge in [0.15, 0.2) is 0 Å². The van der Waals surface area contributed by atoms with Crippen molar-refractivity contribution in [3.8, 4) is 0 Å². The van der Waals surface area contributed by atoms with Crippen LogP contribution in [0.2, 0.25) is 0 Å². The van der Waals surface area contributed by atoms with Crippen LogP contribution in [0.15, 0.2) is 11.6 Å². The lowest BCUT2D eigenvalue weighted by Crippen LogP contribution is -2.61. The zero-order chi connectivity index (χ0) is 16.4. The summed E-state index contributed by atoms with van der Waals surface area (Å²) in [4.78, 5) is 34.9. The predicted octanol–water partition coefficient (Wildman–Crippen LogP) is -1.96. The van der Waals surface area contributed by atoms with Crippen molar-refractivity contribution in [3.63, 3.8) is 0 Å². The molecule has 9 nitrogen and oxygen atoms in total. The number of rotatable bonds is 6. The molecule has 0 radical (unpaired) electrons. The van der Waals surface area contributed by atoms with Crippen LogP contribution in [0.3, 0.4) is 0 Å². The highest BCUT2D eigenvalue weighted by molar-refractivity contribution is 5.92. The van der Waals surface area contributed by atoms with E-state index in [1.807, 2.05) is 0 Å². The van der Waals surface area contributed by atoms with E-state index in [-0.39, 0.29) is 13.0 Å². The van der Waals surface area contributed by atoms with Gasteiger partial charge in [-0.3, -0.25) is 14.4 Å². The number of carboxylic acid groups (broad SMARTS) is 3. The number of hydrogen-bond donors (Lipinski definition) is 6. The third-order valence-electron chi connectivity index (χ3n) is 4.11. The minimum atomic E-state index is -2.06. The Morgan fingerprint density at radius 1 is 1.10 bits per heavy atom. The molecular weight excluding hydrogens is 282 g/mol. The summed E-state index contributed by atoms with van der Waals surface area (Å²) in [7, 11) is 0. The molecule has 1 aliphatic carbocycles. The molecule has 0 fully saturated rings. The summed E-state index contributed by atoms with van der Waals surface area (Å²) in [6.07, 6.45) is 0.951. The maximum atomic E-state index is 11.7. The van der Waals surface area contributed by atoms with E-state index >= 15 is 0 Å². The summed E-state index contributed by atoms with van der Waals surface area (Å²) >= 11 is 0. The second kappa shape index (κ2) is 5.80. The van der Waals surface area contributed by atoms with Gasteiger partial charge in [-0.15, -0.1) is 0 Å². The number of aliphatic carboxylic acids is 3. The highest BCUT2D eigenvalue weighted by atomic mass is 16.4. The molecule has 0 aromatic heterocycles. The van der Waals surface area contributed by atoms with E-state index in [9.17, 15) is 29.7 Å². The van der Waals surface area contributed by atoms with Crippen molar-refractivity contribution < 1.29 is 29.7 Å². The Labute approximate surface area is 120 Å². The van der Waals surface area contributed by atoms with E-state index in [0.29, 0.717) is 5.57 Å². The van der Waals surface area contributed by atoms with Crippen LogP contribution >= 0.6 is 0 Å². The quantitative estimate of drug-likeness (QED) is 0.302. The van der Waals surface area contributed by atoms with Crippen LogP contribution in [0, 0.1) is 16.7 Å². The molecule has 9 heteroatoms. The molecule has 0 bridgehead atoms. The molecule has 0 saturated heterocycles. The molecule has 0 aromatic rings. The smallest absolute Gasteiger partial charge is 0.315 e. The number of hydrogen-bond acceptors (Lipinski definition) is 6. The van der Waals surface area contributed by atoms with Gasteiger partial charge in [0.1, 0.15) is 5.41 Å². The first-order valence-electron chi connectivity index (χ1n) is 6.22. The van der Waals surface area contributed by atoms with Gasteiger partial charge >= 0.3 is 17.9 Å². The Balaban J connectivity index is 3.71. The van der Waals surface area contributed by atoms with Gasteiger partial charge in [0.05, 0.1) is 11.3 Å². The molecule has 118 valence electrons. The van der Waals surface area contributed by atoms with E-state index in [2.05, 4.69) is 0 Å². The van der Waals surface area contributed by atoms with Gasteiger partial charge in [0, 0.05) is 19.6 Å². The van der Waals surface area contributed by atoms with Crippen molar-refractivity contribution in [1.82, 2.24) is 0 Å². The van der Waals surface area contributed by atoms with Crippen molar-refractivity contribution in [3.05, 3.63) is 11.6 Å². The minimum absolute atomic E-state index is 0.101. The van der Waals surface area contributed by atoms with Crippen molar-refractivity contribution in [2.24, 2.45) is 33.9 Å². The first kappa shape index (κ1) is 17.1. The van der Waals surface area contributed by atoms with Crippen LogP contribution in [0.4, 0.5) is 0 Å². The standard InChI is InChI=1S/C12H19N3O6/c13-3-6-1-11(4-14,9(18)19)7(8(16)17)12(2-6,5-15)10(20)21/h1,7H,2-5,13-15H2,(H,16,17)(H,18,19)(H,20,21). The van der Waals surface area contributed by atoms with Gasteiger partial charge < -0.3 is 32.5 Å². The second-order valence-corrected chi connectivity index (χ2v) is 5.17. The molecule has 9 N–H and O–H groups in total. The first-order chi connectivity index (χ1) is 9.71. The van der Waals surface area contributed by atoms with Crippen LogP contribution in [-0.4, -0.2) is 52.9 Å². The van der Waals surface area contributed by atoms with E-state index in [0.717, 1.165) is 0 Å². The van der Waals surface area contributed by atoms with Crippen LogP contribution in [0.1, 0.15) is 6.42 Å². The summed E-state index contributed by atoms with van der Waals surface area (Å²) in [5.74, 6) is -6.34. The highest BCUT2D eigenvalue weighted by Gasteiger charge is 2.63. The van der Waals surface area contributed by atoms with Gasteiger partial charge in [-0.2, -0.15) is 0 Å². The van der Waals surface area contributed by atoms with Crippen molar-refractivity contribution in [2.75, 3.05) is 19.6 Å². The van der Waals surface area contributed by atoms with Crippen LogP contribution < -0.4 is 17.2 Å². The average Bonchev–Trinajstić information content (AvgIpc) is 2.44. The van der Waals surface area contributed by atoms with Crippen molar-refractivity contribution in [1.29, 1.82) is 0 Å². The Kier molecular flexibility index (Phi) is 4.72. The fourth-order valence-electron chi connectivity index (χ4n) is 3.01. The Morgan fingerprint density at radius 2 is 1.67 bits per heavy atom.